The van der Waals surface area contributed by atoms with Gasteiger partial charge in [0.05, 0.1) is 12.1 Å². The Kier molecular flexibility index (Phi) is 6.09. The van der Waals surface area contributed by atoms with Crippen LogP contribution in [0.25, 0.3) is 10.9 Å². The van der Waals surface area contributed by atoms with Crippen LogP contribution in [0.15, 0.2) is 48.7 Å². The zero-order chi connectivity index (χ0) is 21.1. The van der Waals surface area contributed by atoms with Gasteiger partial charge in [0.2, 0.25) is 0 Å². The fraction of sp³-hybridized carbons (Fsp3) is 0.333. The number of aryl methyl sites for hydroxylation is 1. The lowest BCUT2D eigenvalue weighted by Crippen LogP contribution is -2.40. The van der Waals surface area contributed by atoms with Gasteiger partial charge in [-0.1, -0.05) is 29.8 Å². The molecule has 0 aliphatic carbocycles. The van der Waals surface area contributed by atoms with Gasteiger partial charge >= 0.3 is 0 Å². The number of fused-ring (bicyclic) bond motifs is 1. The maximum atomic E-state index is 13.0. The van der Waals surface area contributed by atoms with Crippen LogP contribution in [0.1, 0.15) is 35.2 Å². The first-order valence-electron chi connectivity index (χ1n) is 10.3. The highest BCUT2D eigenvalue weighted by Gasteiger charge is 2.27. The molecular weight excluding hydrogens is 400 g/mol. The maximum absolute atomic E-state index is 13.0. The molecule has 1 aliphatic heterocycles. The summed E-state index contributed by atoms with van der Waals surface area (Å²) in [5, 5.41) is 1.51. The average molecular weight is 425 g/mol. The predicted octanol–water partition coefficient (Wildman–Crippen LogP) is 4.88. The minimum Gasteiger partial charge on any atom is -0.492 e. The summed E-state index contributed by atoms with van der Waals surface area (Å²) >= 11 is 6.07. The van der Waals surface area contributed by atoms with Crippen molar-refractivity contribution in [2.24, 2.45) is 0 Å². The van der Waals surface area contributed by atoms with Crippen LogP contribution in [0.2, 0.25) is 5.02 Å². The number of aromatic nitrogens is 1. The summed E-state index contributed by atoms with van der Waals surface area (Å²) in [7, 11) is 0. The molecule has 2 aromatic carbocycles. The molecule has 0 saturated carbocycles. The molecule has 30 heavy (non-hydrogen) atoms. The second-order valence-corrected chi connectivity index (χ2v) is 8.10. The molecule has 0 N–H and O–H groups in total. The second kappa shape index (κ2) is 8.92. The van der Waals surface area contributed by atoms with Crippen molar-refractivity contribution in [3.63, 3.8) is 0 Å². The third-order valence-electron chi connectivity index (χ3n) is 5.60. The van der Waals surface area contributed by atoms with Crippen molar-refractivity contribution in [3.8, 4) is 5.75 Å². The largest absolute Gasteiger partial charge is 0.492 e. The minimum atomic E-state index is -0.430. The molecule has 3 aromatic rings. The number of carbonyl (C=O) groups is 2. The summed E-state index contributed by atoms with van der Waals surface area (Å²) < 4.78 is 7.85. The number of benzene rings is 2. The fourth-order valence-corrected chi connectivity index (χ4v) is 4.05. The van der Waals surface area contributed by atoms with E-state index < -0.39 is 11.7 Å². The first-order valence-corrected chi connectivity index (χ1v) is 10.7. The Morgan fingerprint density at radius 2 is 1.83 bits per heavy atom. The number of hydrogen-bond donors (Lipinski definition) is 0. The van der Waals surface area contributed by atoms with E-state index in [2.05, 4.69) is 0 Å². The molecule has 0 spiro atoms. The quantitative estimate of drug-likeness (QED) is 0.418. The van der Waals surface area contributed by atoms with E-state index in [0.717, 1.165) is 41.5 Å². The first-order chi connectivity index (χ1) is 14.5. The van der Waals surface area contributed by atoms with Crippen LogP contribution in [-0.4, -0.2) is 40.9 Å². The van der Waals surface area contributed by atoms with Gasteiger partial charge in [0.15, 0.2) is 0 Å². The van der Waals surface area contributed by atoms with Gasteiger partial charge in [0, 0.05) is 35.2 Å². The van der Waals surface area contributed by atoms with Gasteiger partial charge < -0.3 is 14.2 Å². The molecule has 1 aliphatic rings. The Hall–Kier alpha value is -2.79. The normalized spacial score (nSPS) is 14.1. The van der Waals surface area contributed by atoms with Crippen LogP contribution in [0, 0.1) is 6.92 Å². The van der Waals surface area contributed by atoms with E-state index in [1.807, 2.05) is 54.0 Å². The van der Waals surface area contributed by atoms with Crippen LogP contribution in [0.5, 0.6) is 5.75 Å². The molecule has 1 aromatic heterocycles. The number of hydrogen-bond acceptors (Lipinski definition) is 3. The molecule has 6 heteroatoms. The summed E-state index contributed by atoms with van der Waals surface area (Å²) in [6.45, 7) is 4.27. The highest BCUT2D eigenvalue weighted by atomic mass is 35.5. The van der Waals surface area contributed by atoms with E-state index in [0.29, 0.717) is 36.8 Å². The van der Waals surface area contributed by atoms with Crippen LogP contribution in [-0.2, 0) is 11.3 Å². The van der Waals surface area contributed by atoms with E-state index in [4.69, 9.17) is 16.3 Å². The van der Waals surface area contributed by atoms with Crippen molar-refractivity contribution < 1.29 is 14.3 Å². The van der Waals surface area contributed by atoms with Gasteiger partial charge in [0.25, 0.3) is 11.7 Å². The second-order valence-electron chi connectivity index (χ2n) is 7.69. The SMILES string of the molecule is Cc1cc(OCCn2cc(C(=O)C(=O)N3CCCCC3)c3ccccc32)ccc1Cl. The molecule has 5 nitrogen and oxygen atoms in total. The molecule has 1 amide bonds. The van der Waals surface area contributed by atoms with Crippen LogP contribution in [0.4, 0.5) is 0 Å². The number of ketones is 1. The van der Waals surface area contributed by atoms with E-state index in [9.17, 15) is 9.59 Å². The molecule has 4 rings (SSSR count). The zero-order valence-corrected chi connectivity index (χ0v) is 17.8. The molecule has 1 saturated heterocycles. The molecule has 0 unspecified atom stereocenters. The van der Waals surface area contributed by atoms with Crippen molar-refractivity contribution in [3.05, 3.63) is 64.8 Å². The maximum Gasteiger partial charge on any atom is 0.295 e. The van der Waals surface area contributed by atoms with Crippen LogP contribution >= 0.6 is 11.6 Å². The number of carbonyl (C=O) groups excluding carboxylic acids is 2. The number of amides is 1. The zero-order valence-electron chi connectivity index (χ0n) is 17.1. The van der Waals surface area contributed by atoms with Crippen molar-refractivity contribution in [1.29, 1.82) is 0 Å². The molecular formula is C24H25ClN2O3. The Bertz CT molecular complexity index is 1080. The fourth-order valence-electron chi connectivity index (χ4n) is 3.94. The number of rotatable bonds is 6. The predicted molar refractivity (Wildman–Crippen MR) is 118 cm³/mol. The average Bonchev–Trinajstić information content (AvgIpc) is 3.14. The highest BCUT2D eigenvalue weighted by molar-refractivity contribution is 6.44. The molecule has 0 atom stereocenters. The Balaban J connectivity index is 1.52. The summed E-state index contributed by atoms with van der Waals surface area (Å²) in [6, 6.07) is 13.2. The lowest BCUT2D eigenvalue weighted by molar-refractivity contribution is -0.127. The Labute approximate surface area is 181 Å². The number of ether oxygens (including phenoxy) is 1. The molecule has 1 fully saturated rings. The molecule has 0 radical (unpaired) electrons. The summed E-state index contributed by atoms with van der Waals surface area (Å²) in [4.78, 5) is 27.4. The van der Waals surface area contributed by atoms with Gasteiger partial charge in [-0.2, -0.15) is 0 Å². The number of likely N-dealkylation sites (tertiary alicyclic amines) is 1. The smallest absolute Gasteiger partial charge is 0.295 e. The molecule has 156 valence electrons. The summed E-state index contributed by atoms with van der Waals surface area (Å²) in [5.74, 6) is -0.0727. The number of halogens is 1. The molecule has 2 heterocycles. The standard InChI is InChI=1S/C24H25ClN2O3/c1-17-15-18(9-10-21(17)25)30-14-13-27-16-20(19-7-3-4-8-22(19)27)23(28)24(29)26-11-5-2-6-12-26/h3-4,7-10,15-16H,2,5-6,11-14H2,1H3. The van der Waals surface area contributed by atoms with Gasteiger partial charge in [-0.3, -0.25) is 9.59 Å². The first kappa shape index (κ1) is 20.5. The number of piperidine rings is 1. The third kappa shape index (κ3) is 4.21. The summed E-state index contributed by atoms with van der Waals surface area (Å²) in [6.07, 6.45) is 4.82. The van der Waals surface area contributed by atoms with Gasteiger partial charge in [-0.15, -0.1) is 0 Å². The van der Waals surface area contributed by atoms with Crippen molar-refractivity contribution in [1.82, 2.24) is 9.47 Å². The van der Waals surface area contributed by atoms with Gasteiger partial charge in [-0.25, -0.2) is 0 Å². The summed E-state index contributed by atoms with van der Waals surface area (Å²) in [5.41, 5.74) is 2.34. The third-order valence-corrected chi connectivity index (χ3v) is 6.03. The van der Waals surface area contributed by atoms with E-state index in [1.54, 1.807) is 11.1 Å². The van der Waals surface area contributed by atoms with Crippen molar-refractivity contribution in [2.75, 3.05) is 19.7 Å². The van der Waals surface area contributed by atoms with Crippen molar-refractivity contribution >= 4 is 34.2 Å². The van der Waals surface area contributed by atoms with E-state index in [-0.39, 0.29) is 0 Å². The minimum absolute atomic E-state index is 0.398. The highest BCUT2D eigenvalue weighted by Crippen LogP contribution is 2.24. The molecule has 0 bridgehead atoms. The van der Waals surface area contributed by atoms with E-state index >= 15 is 0 Å². The Morgan fingerprint density at radius 3 is 2.60 bits per heavy atom. The lowest BCUT2D eigenvalue weighted by Gasteiger charge is -2.25. The lowest BCUT2D eigenvalue weighted by atomic mass is 10.1. The van der Waals surface area contributed by atoms with Gasteiger partial charge in [-0.05, 0) is 56.0 Å². The van der Waals surface area contributed by atoms with Crippen LogP contribution in [0.3, 0.4) is 0 Å². The van der Waals surface area contributed by atoms with Crippen LogP contribution < -0.4 is 4.74 Å². The monoisotopic (exact) mass is 424 g/mol. The van der Waals surface area contributed by atoms with E-state index in [1.165, 1.54) is 0 Å². The topological polar surface area (TPSA) is 51.5 Å². The van der Waals surface area contributed by atoms with Gasteiger partial charge in [0.1, 0.15) is 12.4 Å². The Morgan fingerprint density at radius 1 is 1.07 bits per heavy atom. The number of nitrogens with zero attached hydrogens (tertiary/aromatic N) is 2. The number of Topliss-reactive ketones (excluding diaryl/α,β-unsaturated/α-hetero) is 1. The number of para-hydroxylation sites is 1. The van der Waals surface area contributed by atoms with Crippen molar-refractivity contribution in [2.45, 2.75) is 32.7 Å².